The molecule has 4 rings (SSSR count). The van der Waals surface area contributed by atoms with Crippen LogP contribution in [-0.2, 0) is 9.26 Å². The topological polar surface area (TPSA) is 130 Å². The molecule has 0 amide bonds. The SMILES string of the molecule is COc1ccc(OP(OCC2OC(n3ccc(=O)[nH]c3=O)CC2O)Oc2ccc(OC)cc2)cc1.FCF. The van der Waals surface area contributed by atoms with Gasteiger partial charge in [0.25, 0.3) is 5.56 Å². The molecule has 1 saturated heterocycles. The number of nitrogens with one attached hydrogen (secondary N) is 1. The maximum absolute atomic E-state index is 12.1. The lowest BCUT2D eigenvalue weighted by Crippen LogP contribution is -2.31. The van der Waals surface area contributed by atoms with Crippen LogP contribution in [0, 0.1) is 0 Å². The molecule has 3 atom stereocenters. The second-order valence-corrected chi connectivity index (χ2v) is 8.67. The first-order valence-electron chi connectivity index (χ1n) is 11.2. The predicted molar refractivity (Wildman–Crippen MR) is 133 cm³/mol. The summed E-state index contributed by atoms with van der Waals surface area (Å²) in [4.78, 5) is 25.6. The minimum absolute atomic E-state index is 0.0617. The van der Waals surface area contributed by atoms with E-state index in [0.717, 1.165) is 0 Å². The smallest absolute Gasteiger partial charge is 0.463 e. The highest BCUT2D eigenvalue weighted by Crippen LogP contribution is 2.43. The van der Waals surface area contributed by atoms with Gasteiger partial charge < -0.3 is 28.4 Å². The van der Waals surface area contributed by atoms with Crippen LogP contribution in [0.3, 0.4) is 0 Å². The van der Waals surface area contributed by atoms with E-state index >= 15 is 0 Å². The van der Waals surface area contributed by atoms with Crippen molar-refractivity contribution in [3.8, 4) is 23.0 Å². The van der Waals surface area contributed by atoms with Crippen LogP contribution in [0.2, 0.25) is 0 Å². The molecule has 1 fully saturated rings. The van der Waals surface area contributed by atoms with Gasteiger partial charge in [-0.05, 0) is 48.5 Å². The minimum Gasteiger partial charge on any atom is -0.497 e. The van der Waals surface area contributed by atoms with Crippen molar-refractivity contribution < 1.29 is 41.7 Å². The van der Waals surface area contributed by atoms with Crippen LogP contribution in [-0.4, -0.2) is 54.6 Å². The molecule has 3 aromatic rings. The van der Waals surface area contributed by atoms with Crippen LogP contribution in [0.4, 0.5) is 8.78 Å². The van der Waals surface area contributed by atoms with Crippen LogP contribution in [0.25, 0.3) is 0 Å². The molecule has 0 saturated carbocycles. The monoisotopic (exact) mass is 556 g/mol. The molecule has 14 heteroatoms. The number of aromatic nitrogens is 2. The van der Waals surface area contributed by atoms with Gasteiger partial charge in [0.15, 0.2) is 0 Å². The first-order chi connectivity index (χ1) is 18.4. The molecule has 2 N–H and O–H groups in total. The fourth-order valence-corrected chi connectivity index (χ4v) is 4.34. The van der Waals surface area contributed by atoms with Gasteiger partial charge in [0.2, 0.25) is 6.93 Å². The molecule has 1 aliphatic rings. The highest BCUT2D eigenvalue weighted by atomic mass is 31.2. The van der Waals surface area contributed by atoms with Gasteiger partial charge in [0.05, 0.1) is 26.9 Å². The van der Waals surface area contributed by atoms with E-state index in [1.807, 2.05) is 0 Å². The average molecular weight is 556 g/mol. The number of H-pyrrole nitrogens is 1. The molecular weight excluding hydrogens is 529 g/mol. The maximum Gasteiger partial charge on any atom is 0.463 e. The second kappa shape index (κ2) is 14.4. The van der Waals surface area contributed by atoms with E-state index in [4.69, 9.17) is 27.8 Å². The van der Waals surface area contributed by atoms with E-state index in [1.165, 1.54) is 16.8 Å². The van der Waals surface area contributed by atoms with Crippen molar-refractivity contribution in [2.75, 3.05) is 27.8 Å². The Balaban J connectivity index is 0.00000127. The number of aliphatic hydroxyl groups is 1. The molecule has 38 heavy (non-hydrogen) atoms. The number of methoxy groups -OCH3 is 2. The van der Waals surface area contributed by atoms with Crippen molar-refractivity contribution in [2.24, 2.45) is 0 Å². The summed E-state index contributed by atoms with van der Waals surface area (Å²) in [6.07, 6.45) is -0.926. The summed E-state index contributed by atoms with van der Waals surface area (Å²) < 4.78 is 54.3. The first-order valence-corrected chi connectivity index (χ1v) is 12.3. The van der Waals surface area contributed by atoms with Gasteiger partial charge in [-0.1, -0.05) is 0 Å². The Morgan fingerprint density at radius 1 is 0.947 bits per heavy atom. The third kappa shape index (κ3) is 8.25. The number of hydrogen-bond donors (Lipinski definition) is 2. The lowest BCUT2D eigenvalue weighted by molar-refractivity contribution is -0.0420. The number of hydrogen-bond acceptors (Lipinski definition) is 9. The van der Waals surface area contributed by atoms with E-state index in [-0.39, 0.29) is 13.0 Å². The van der Waals surface area contributed by atoms with Gasteiger partial charge in [0, 0.05) is 18.7 Å². The zero-order valence-electron chi connectivity index (χ0n) is 20.5. The zero-order chi connectivity index (χ0) is 27.5. The highest BCUT2D eigenvalue weighted by molar-refractivity contribution is 7.42. The number of aromatic amines is 1. The molecule has 206 valence electrons. The zero-order valence-corrected chi connectivity index (χ0v) is 21.4. The third-order valence-electron chi connectivity index (χ3n) is 5.19. The molecule has 2 aromatic carbocycles. The second-order valence-electron chi connectivity index (χ2n) is 7.60. The van der Waals surface area contributed by atoms with E-state index in [9.17, 15) is 23.5 Å². The number of halogens is 2. The Labute approximate surface area is 217 Å². The Kier molecular flexibility index (Phi) is 11.0. The third-order valence-corrected chi connectivity index (χ3v) is 6.27. The molecule has 1 aromatic heterocycles. The summed E-state index contributed by atoms with van der Waals surface area (Å²) in [7, 11) is 1.19. The van der Waals surface area contributed by atoms with E-state index < -0.39 is 45.2 Å². The van der Waals surface area contributed by atoms with Gasteiger partial charge in [-0.25, -0.2) is 13.6 Å². The van der Waals surface area contributed by atoms with Gasteiger partial charge >= 0.3 is 14.3 Å². The summed E-state index contributed by atoms with van der Waals surface area (Å²) in [5.41, 5.74) is -1.13. The predicted octanol–water partition coefficient (Wildman–Crippen LogP) is 3.49. The van der Waals surface area contributed by atoms with Crippen molar-refractivity contribution in [3.05, 3.63) is 81.6 Å². The van der Waals surface area contributed by atoms with Crippen LogP contribution < -0.4 is 29.8 Å². The molecule has 2 heterocycles. The summed E-state index contributed by atoms with van der Waals surface area (Å²) in [5.74, 6) is 2.33. The van der Waals surface area contributed by atoms with Crippen molar-refractivity contribution in [3.63, 3.8) is 0 Å². The van der Waals surface area contributed by atoms with Crippen LogP contribution in [0.1, 0.15) is 12.6 Å². The number of ether oxygens (including phenoxy) is 3. The van der Waals surface area contributed by atoms with E-state index in [2.05, 4.69) is 4.98 Å². The summed E-state index contributed by atoms with van der Waals surface area (Å²) >= 11 is 0. The molecule has 3 unspecified atom stereocenters. The quantitative estimate of drug-likeness (QED) is 0.361. The van der Waals surface area contributed by atoms with Gasteiger partial charge in [-0.15, -0.1) is 0 Å². The number of rotatable bonds is 10. The first kappa shape index (κ1) is 29.1. The fraction of sp³-hybridized carbons (Fsp3) is 0.333. The Morgan fingerprint density at radius 3 is 1.92 bits per heavy atom. The van der Waals surface area contributed by atoms with Crippen molar-refractivity contribution in [1.29, 1.82) is 0 Å². The number of alkyl halides is 2. The molecule has 11 nitrogen and oxygen atoms in total. The molecule has 0 aliphatic carbocycles. The van der Waals surface area contributed by atoms with Crippen LogP contribution >= 0.6 is 8.60 Å². The molecular formula is C24H27F2N2O9P. The van der Waals surface area contributed by atoms with Crippen LogP contribution in [0.5, 0.6) is 23.0 Å². The number of benzene rings is 2. The fourth-order valence-electron chi connectivity index (χ4n) is 3.34. The summed E-state index contributed by atoms with van der Waals surface area (Å²) in [6, 6.07) is 15.1. The standard InChI is InChI=1S/C23H25N2O9P.CH2F2/c1-29-15-3-7-17(8-4-15)33-35(34-18-9-5-16(30-2)6-10-18)31-14-20-19(26)13-22(32-20)25-12-11-21(27)24-23(25)28;2-1-3/h3-12,19-20,22,26H,13-14H2,1-2H3,(H,24,27,28);1H2. The van der Waals surface area contributed by atoms with Crippen molar-refractivity contribution >= 4 is 8.60 Å². The van der Waals surface area contributed by atoms with Crippen LogP contribution in [0.15, 0.2) is 70.4 Å². The lowest BCUT2D eigenvalue weighted by atomic mass is 10.2. The van der Waals surface area contributed by atoms with Crippen molar-refractivity contribution in [1.82, 2.24) is 9.55 Å². The molecule has 0 bridgehead atoms. The van der Waals surface area contributed by atoms with Crippen molar-refractivity contribution in [2.45, 2.75) is 24.9 Å². The maximum atomic E-state index is 12.1. The summed E-state index contributed by atoms with van der Waals surface area (Å²) in [5, 5.41) is 10.5. The molecule has 0 spiro atoms. The van der Waals surface area contributed by atoms with E-state index in [0.29, 0.717) is 23.0 Å². The van der Waals surface area contributed by atoms with Gasteiger partial charge in [-0.3, -0.25) is 18.9 Å². The van der Waals surface area contributed by atoms with Gasteiger partial charge in [-0.2, -0.15) is 0 Å². The Bertz CT molecular complexity index is 1190. The molecule has 0 radical (unpaired) electrons. The van der Waals surface area contributed by atoms with E-state index in [1.54, 1.807) is 62.8 Å². The number of aliphatic hydroxyl groups excluding tert-OH is 1. The lowest BCUT2D eigenvalue weighted by Gasteiger charge is -2.21. The molecule has 1 aliphatic heterocycles. The number of nitrogens with zero attached hydrogens (tertiary/aromatic N) is 1. The summed E-state index contributed by atoms with van der Waals surface area (Å²) in [6.45, 7) is -1.81. The largest absolute Gasteiger partial charge is 0.497 e. The Morgan fingerprint density at radius 2 is 1.45 bits per heavy atom. The van der Waals surface area contributed by atoms with Gasteiger partial charge in [0.1, 0.15) is 35.3 Å². The Hall–Kier alpha value is -3.51. The minimum atomic E-state index is -1.94. The average Bonchev–Trinajstić information content (AvgIpc) is 3.28. The normalized spacial score (nSPS) is 18.4. The highest BCUT2D eigenvalue weighted by Gasteiger charge is 2.37.